The molecule has 0 aliphatic heterocycles. The number of aromatic amines is 1. The molecule has 0 aliphatic carbocycles. The number of carbonyl (C=O) groups is 1. The number of primary amides is 1. The van der Waals surface area contributed by atoms with E-state index in [-0.39, 0.29) is 11.6 Å². The zero-order valence-corrected chi connectivity index (χ0v) is 12.0. The van der Waals surface area contributed by atoms with E-state index in [1.165, 1.54) is 12.3 Å². The minimum atomic E-state index is -0.550. The van der Waals surface area contributed by atoms with Crippen molar-refractivity contribution < 1.29 is 4.79 Å². The van der Waals surface area contributed by atoms with Gasteiger partial charge in [0.25, 0.3) is 0 Å². The Morgan fingerprint density at radius 1 is 1.55 bits per heavy atom. The second-order valence-corrected chi connectivity index (χ2v) is 5.12. The molecule has 0 bridgehead atoms. The van der Waals surface area contributed by atoms with Crippen LogP contribution in [0.2, 0.25) is 5.02 Å². The van der Waals surface area contributed by atoms with Gasteiger partial charge in [0.2, 0.25) is 5.91 Å². The van der Waals surface area contributed by atoms with Crippen molar-refractivity contribution in [3.63, 3.8) is 0 Å². The minimum absolute atomic E-state index is 0.0992. The molecule has 0 aliphatic rings. The standard InChI is InChI=1S/C13H16ClN5O/c1-7(3-10-4-8(2)18-19-10)17-13-11(14)5-9(6-16-13)12(15)20/h4-7H,3H2,1-2H3,(H2,15,20)(H,16,17)(H,18,19). The summed E-state index contributed by atoms with van der Waals surface area (Å²) in [4.78, 5) is 15.1. The summed E-state index contributed by atoms with van der Waals surface area (Å²) in [6.45, 7) is 3.96. The number of nitrogens with two attached hydrogens (primary N) is 1. The smallest absolute Gasteiger partial charge is 0.250 e. The van der Waals surface area contributed by atoms with Crippen molar-refractivity contribution in [1.82, 2.24) is 15.2 Å². The number of amides is 1. The van der Waals surface area contributed by atoms with Crippen LogP contribution in [0.1, 0.15) is 28.7 Å². The van der Waals surface area contributed by atoms with Gasteiger partial charge in [-0.1, -0.05) is 11.6 Å². The summed E-state index contributed by atoms with van der Waals surface area (Å²) in [5, 5.41) is 10.6. The van der Waals surface area contributed by atoms with Gasteiger partial charge in [0.1, 0.15) is 5.82 Å². The van der Waals surface area contributed by atoms with Gasteiger partial charge in [-0.15, -0.1) is 0 Å². The third-order valence-electron chi connectivity index (χ3n) is 2.78. The highest BCUT2D eigenvalue weighted by molar-refractivity contribution is 6.33. The molecule has 2 rings (SSSR count). The van der Waals surface area contributed by atoms with Crippen molar-refractivity contribution in [3.05, 3.63) is 40.3 Å². The predicted octanol–water partition coefficient (Wildman–Crippen LogP) is 1.91. The maximum absolute atomic E-state index is 11.0. The number of aromatic nitrogens is 3. The summed E-state index contributed by atoms with van der Waals surface area (Å²) in [5.74, 6) is -0.0255. The molecular weight excluding hydrogens is 278 g/mol. The average molecular weight is 294 g/mol. The Morgan fingerprint density at radius 3 is 2.85 bits per heavy atom. The Hall–Kier alpha value is -2.08. The molecule has 0 saturated carbocycles. The van der Waals surface area contributed by atoms with Crippen LogP contribution in [0.25, 0.3) is 0 Å². The summed E-state index contributed by atoms with van der Waals surface area (Å²) in [5.41, 5.74) is 7.44. The van der Waals surface area contributed by atoms with E-state index in [0.717, 1.165) is 17.8 Å². The highest BCUT2D eigenvalue weighted by atomic mass is 35.5. The fourth-order valence-electron chi connectivity index (χ4n) is 1.86. The van der Waals surface area contributed by atoms with Crippen LogP contribution in [0, 0.1) is 6.92 Å². The van der Waals surface area contributed by atoms with Crippen LogP contribution < -0.4 is 11.1 Å². The summed E-state index contributed by atoms with van der Waals surface area (Å²) in [6, 6.07) is 3.59. The van der Waals surface area contributed by atoms with E-state index in [2.05, 4.69) is 20.5 Å². The lowest BCUT2D eigenvalue weighted by Gasteiger charge is -2.14. The van der Waals surface area contributed by atoms with Crippen LogP contribution in [-0.2, 0) is 6.42 Å². The number of H-pyrrole nitrogens is 1. The van der Waals surface area contributed by atoms with Crippen molar-refractivity contribution in [3.8, 4) is 0 Å². The van der Waals surface area contributed by atoms with Crippen LogP contribution in [0.5, 0.6) is 0 Å². The van der Waals surface area contributed by atoms with E-state index < -0.39 is 5.91 Å². The average Bonchev–Trinajstić information content (AvgIpc) is 2.77. The second kappa shape index (κ2) is 5.92. The topological polar surface area (TPSA) is 96.7 Å². The Morgan fingerprint density at radius 2 is 2.30 bits per heavy atom. The van der Waals surface area contributed by atoms with Crippen LogP contribution in [0.15, 0.2) is 18.3 Å². The van der Waals surface area contributed by atoms with Crippen molar-refractivity contribution >= 4 is 23.3 Å². The predicted molar refractivity (Wildman–Crippen MR) is 77.9 cm³/mol. The summed E-state index contributed by atoms with van der Waals surface area (Å²) >= 11 is 6.07. The Bertz CT molecular complexity index is 625. The van der Waals surface area contributed by atoms with Crippen LogP contribution >= 0.6 is 11.6 Å². The number of carbonyl (C=O) groups excluding carboxylic acids is 1. The molecule has 1 amide bonds. The first-order valence-corrected chi connectivity index (χ1v) is 6.56. The van der Waals surface area contributed by atoms with E-state index in [0.29, 0.717) is 10.8 Å². The molecule has 0 aromatic carbocycles. The molecule has 0 saturated heterocycles. The van der Waals surface area contributed by atoms with E-state index in [1.54, 1.807) is 0 Å². The molecule has 0 fully saturated rings. The lowest BCUT2D eigenvalue weighted by atomic mass is 10.1. The fourth-order valence-corrected chi connectivity index (χ4v) is 2.08. The highest BCUT2D eigenvalue weighted by Crippen LogP contribution is 2.21. The maximum atomic E-state index is 11.0. The number of nitrogens with one attached hydrogen (secondary N) is 2. The quantitative estimate of drug-likeness (QED) is 0.784. The number of aryl methyl sites for hydroxylation is 1. The van der Waals surface area contributed by atoms with E-state index in [9.17, 15) is 4.79 Å². The number of pyridine rings is 1. The van der Waals surface area contributed by atoms with Crippen molar-refractivity contribution in [2.24, 2.45) is 5.73 Å². The lowest BCUT2D eigenvalue weighted by molar-refractivity contribution is 0.1000. The molecule has 2 aromatic heterocycles. The number of nitrogens with zero attached hydrogens (tertiary/aromatic N) is 2. The molecule has 4 N–H and O–H groups in total. The first-order valence-electron chi connectivity index (χ1n) is 6.18. The molecule has 2 heterocycles. The SMILES string of the molecule is Cc1cc(CC(C)Nc2ncc(C(N)=O)cc2Cl)n[nH]1. The number of hydrogen-bond donors (Lipinski definition) is 3. The lowest BCUT2D eigenvalue weighted by Crippen LogP contribution is -2.20. The molecule has 0 spiro atoms. The third-order valence-corrected chi connectivity index (χ3v) is 3.07. The van der Waals surface area contributed by atoms with E-state index >= 15 is 0 Å². The molecular formula is C13H16ClN5O. The monoisotopic (exact) mass is 293 g/mol. The number of halogens is 1. The van der Waals surface area contributed by atoms with Gasteiger partial charge in [0.15, 0.2) is 0 Å². The third kappa shape index (κ3) is 3.48. The Balaban J connectivity index is 2.04. The van der Waals surface area contributed by atoms with Gasteiger partial charge < -0.3 is 11.1 Å². The van der Waals surface area contributed by atoms with E-state index in [4.69, 9.17) is 17.3 Å². The molecule has 106 valence electrons. The maximum Gasteiger partial charge on any atom is 0.250 e. The largest absolute Gasteiger partial charge is 0.366 e. The van der Waals surface area contributed by atoms with Gasteiger partial charge in [0.05, 0.1) is 16.3 Å². The molecule has 0 radical (unpaired) electrons. The Labute approximate surface area is 121 Å². The summed E-state index contributed by atoms with van der Waals surface area (Å²) < 4.78 is 0. The van der Waals surface area contributed by atoms with Gasteiger partial charge in [-0.25, -0.2) is 4.98 Å². The van der Waals surface area contributed by atoms with Gasteiger partial charge in [-0.3, -0.25) is 9.89 Å². The molecule has 2 aromatic rings. The van der Waals surface area contributed by atoms with Gasteiger partial charge >= 0.3 is 0 Å². The van der Waals surface area contributed by atoms with Gasteiger partial charge in [-0.05, 0) is 26.0 Å². The summed E-state index contributed by atoms with van der Waals surface area (Å²) in [7, 11) is 0. The van der Waals surface area contributed by atoms with Crippen LogP contribution in [0.4, 0.5) is 5.82 Å². The molecule has 7 heteroatoms. The van der Waals surface area contributed by atoms with Crippen LogP contribution in [0.3, 0.4) is 0 Å². The molecule has 1 unspecified atom stereocenters. The van der Waals surface area contributed by atoms with Gasteiger partial charge in [0, 0.05) is 24.4 Å². The van der Waals surface area contributed by atoms with Gasteiger partial charge in [-0.2, -0.15) is 5.10 Å². The normalized spacial score (nSPS) is 12.2. The number of hydrogen-bond acceptors (Lipinski definition) is 4. The number of anilines is 1. The molecule has 1 atom stereocenters. The highest BCUT2D eigenvalue weighted by Gasteiger charge is 2.11. The van der Waals surface area contributed by atoms with Crippen molar-refractivity contribution in [2.45, 2.75) is 26.3 Å². The Kier molecular flexibility index (Phi) is 4.24. The van der Waals surface area contributed by atoms with E-state index in [1.807, 2.05) is 19.9 Å². The second-order valence-electron chi connectivity index (χ2n) is 4.71. The summed E-state index contributed by atoms with van der Waals surface area (Å²) in [6.07, 6.45) is 2.14. The van der Waals surface area contributed by atoms with Crippen LogP contribution in [-0.4, -0.2) is 27.1 Å². The number of rotatable bonds is 5. The first-order chi connectivity index (χ1) is 9.45. The first kappa shape index (κ1) is 14.3. The van der Waals surface area contributed by atoms with Crippen molar-refractivity contribution in [2.75, 3.05) is 5.32 Å². The minimum Gasteiger partial charge on any atom is -0.366 e. The van der Waals surface area contributed by atoms with Crippen molar-refractivity contribution in [1.29, 1.82) is 0 Å². The zero-order valence-electron chi connectivity index (χ0n) is 11.3. The zero-order chi connectivity index (χ0) is 14.7. The fraction of sp³-hybridized carbons (Fsp3) is 0.308. The molecule has 6 nitrogen and oxygen atoms in total. The molecule has 20 heavy (non-hydrogen) atoms.